The lowest BCUT2D eigenvalue weighted by Crippen LogP contribution is -1.98. The van der Waals surface area contributed by atoms with Crippen LogP contribution >= 0.6 is 0 Å². The molecule has 0 atom stereocenters. The molecule has 0 saturated carbocycles. The van der Waals surface area contributed by atoms with Gasteiger partial charge in [0.25, 0.3) is 0 Å². The molecule has 0 aliphatic heterocycles. The first-order valence-corrected chi connectivity index (χ1v) is 5.17. The first kappa shape index (κ1) is 12.9. The van der Waals surface area contributed by atoms with Gasteiger partial charge in [-0.15, -0.1) is 0 Å². The van der Waals surface area contributed by atoms with Gasteiger partial charge >= 0.3 is 5.97 Å². The topological polar surface area (TPSA) is 26.3 Å². The molecule has 0 rings (SSSR count). The Bertz CT molecular complexity index is 192. The van der Waals surface area contributed by atoms with E-state index >= 15 is 0 Å². The Morgan fingerprint density at radius 3 is 2.43 bits per heavy atom. The van der Waals surface area contributed by atoms with Gasteiger partial charge in [0.2, 0.25) is 0 Å². The van der Waals surface area contributed by atoms with Crippen molar-refractivity contribution in [3.05, 3.63) is 24.3 Å². The van der Waals surface area contributed by atoms with Crippen LogP contribution in [0.4, 0.5) is 0 Å². The van der Waals surface area contributed by atoms with Crippen LogP contribution in [0.25, 0.3) is 0 Å². The van der Waals surface area contributed by atoms with E-state index in [2.05, 4.69) is 24.3 Å². The van der Waals surface area contributed by atoms with Gasteiger partial charge in [0.15, 0.2) is 0 Å². The van der Waals surface area contributed by atoms with Crippen LogP contribution in [0.3, 0.4) is 0 Å². The van der Waals surface area contributed by atoms with E-state index in [0.29, 0.717) is 6.61 Å². The molecular formula is C12H20O2. The summed E-state index contributed by atoms with van der Waals surface area (Å²) in [6.07, 6.45) is 12.7. The smallest absolute Gasteiger partial charge is 0.302 e. The van der Waals surface area contributed by atoms with Crippen LogP contribution < -0.4 is 0 Å². The summed E-state index contributed by atoms with van der Waals surface area (Å²) in [5.74, 6) is -0.202. The Labute approximate surface area is 86.6 Å². The SMILES string of the molecule is C/C=C/CCC/C=C/CCOC(C)=O. The third-order valence-corrected chi connectivity index (χ3v) is 1.73. The molecule has 80 valence electrons. The van der Waals surface area contributed by atoms with Crippen LogP contribution in [0.1, 0.15) is 39.5 Å². The lowest BCUT2D eigenvalue weighted by Gasteiger charge is -1.96. The summed E-state index contributed by atoms with van der Waals surface area (Å²) >= 11 is 0. The maximum Gasteiger partial charge on any atom is 0.302 e. The highest BCUT2D eigenvalue weighted by Crippen LogP contribution is 1.98. The van der Waals surface area contributed by atoms with Crippen molar-refractivity contribution in [3.63, 3.8) is 0 Å². The number of hydrogen-bond acceptors (Lipinski definition) is 2. The van der Waals surface area contributed by atoms with Gasteiger partial charge in [0.1, 0.15) is 0 Å². The average Bonchev–Trinajstić information content (AvgIpc) is 2.15. The predicted molar refractivity (Wildman–Crippen MR) is 59.1 cm³/mol. The molecule has 14 heavy (non-hydrogen) atoms. The van der Waals surface area contributed by atoms with E-state index in [4.69, 9.17) is 4.74 Å². The first-order chi connectivity index (χ1) is 6.77. The van der Waals surface area contributed by atoms with E-state index < -0.39 is 0 Å². The molecule has 2 heteroatoms. The Kier molecular flexibility index (Phi) is 9.28. The maximum absolute atomic E-state index is 10.4. The van der Waals surface area contributed by atoms with Crippen molar-refractivity contribution in [1.29, 1.82) is 0 Å². The maximum atomic E-state index is 10.4. The Balaban J connectivity index is 3.15. The monoisotopic (exact) mass is 196 g/mol. The zero-order chi connectivity index (χ0) is 10.6. The number of esters is 1. The van der Waals surface area contributed by atoms with Crippen LogP contribution in [0.15, 0.2) is 24.3 Å². The fraction of sp³-hybridized carbons (Fsp3) is 0.583. The minimum absolute atomic E-state index is 0.202. The molecule has 0 spiro atoms. The van der Waals surface area contributed by atoms with Crippen molar-refractivity contribution in [3.8, 4) is 0 Å². The van der Waals surface area contributed by atoms with E-state index in [1.54, 1.807) is 0 Å². The molecule has 0 bridgehead atoms. The number of ether oxygens (including phenoxy) is 1. The Hall–Kier alpha value is -1.05. The largest absolute Gasteiger partial charge is 0.466 e. The number of carbonyl (C=O) groups is 1. The van der Waals surface area contributed by atoms with Gasteiger partial charge in [0.05, 0.1) is 6.61 Å². The summed E-state index contributed by atoms with van der Waals surface area (Å²) in [6, 6.07) is 0. The molecule has 2 nitrogen and oxygen atoms in total. The van der Waals surface area contributed by atoms with Crippen LogP contribution in [-0.2, 0) is 9.53 Å². The number of unbranched alkanes of at least 4 members (excludes halogenated alkanes) is 2. The summed E-state index contributed by atoms with van der Waals surface area (Å²) in [5.41, 5.74) is 0. The van der Waals surface area contributed by atoms with Gasteiger partial charge in [-0.1, -0.05) is 24.3 Å². The van der Waals surface area contributed by atoms with Crippen molar-refractivity contribution >= 4 is 5.97 Å². The van der Waals surface area contributed by atoms with E-state index in [1.165, 1.54) is 13.3 Å². The second kappa shape index (κ2) is 10.0. The molecule has 0 fully saturated rings. The fourth-order valence-electron chi connectivity index (χ4n) is 1.03. The molecule has 0 heterocycles. The third-order valence-electron chi connectivity index (χ3n) is 1.73. The summed E-state index contributed by atoms with van der Waals surface area (Å²) in [4.78, 5) is 10.4. The molecule has 0 aliphatic rings. The second-order valence-corrected chi connectivity index (χ2v) is 3.10. The van der Waals surface area contributed by atoms with Crippen LogP contribution in [0.5, 0.6) is 0 Å². The van der Waals surface area contributed by atoms with Gasteiger partial charge in [-0.3, -0.25) is 4.79 Å². The molecule has 0 amide bonds. The van der Waals surface area contributed by atoms with E-state index in [1.807, 2.05) is 6.92 Å². The normalized spacial score (nSPS) is 11.3. The highest BCUT2D eigenvalue weighted by atomic mass is 16.5. The minimum atomic E-state index is -0.202. The quantitative estimate of drug-likeness (QED) is 0.355. The molecule has 0 saturated heterocycles. The molecule has 0 unspecified atom stereocenters. The zero-order valence-corrected chi connectivity index (χ0v) is 9.16. The summed E-state index contributed by atoms with van der Waals surface area (Å²) in [5, 5.41) is 0. The van der Waals surface area contributed by atoms with Gasteiger partial charge in [-0.2, -0.15) is 0 Å². The Morgan fingerprint density at radius 1 is 1.14 bits per heavy atom. The summed E-state index contributed by atoms with van der Waals surface area (Å²) < 4.78 is 4.79. The van der Waals surface area contributed by atoms with Crippen molar-refractivity contribution in [2.45, 2.75) is 39.5 Å². The van der Waals surface area contributed by atoms with Gasteiger partial charge < -0.3 is 4.74 Å². The first-order valence-electron chi connectivity index (χ1n) is 5.17. The average molecular weight is 196 g/mol. The van der Waals surface area contributed by atoms with Gasteiger partial charge in [-0.25, -0.2) is 0 Å². The molecular weight excluding hydrogens is 176 g/mol. The number of allylic oxidation sites excluding steroid dienone is 3. The van der Waals surface area contributed by atoms with E-state index in [-0.39, 0.29) is 5.97 Å². The molecule has 0 aliphatic carbocycles. The van der Waals surface area contributed by atoms with Crippen molar-refractivity contribution in [2.24, 2.45) is 0 Å². The predicted octanol–water partition coefficient (Wildman–Crippen LogP) is 3.24. The molecule has 0 aromatic rings. The van der Waals surface area contributed by atoms with E-state index in [9.17, 15) is 4.79 Å². The molecule has 0 radical (unpaired) electrons. The van der Waals surface area contributed by atoms with Crippen LogP contribution in [-0.4, -0.2) is 12.6 Å². The van der Waals surface area contributed by atoms with E-state index in [0.717, 1.165) is 19.3 Å². The fourth-order valence-corrected chi connectivity index (χ4v) is 1.03. The lowest BCUT2D eigenvalue weighted by molar-refractivity contribution is -0.140. The standard InChI is InChI=1S/C12H20O2/c1-3-4-5-6-7-8-9-10-11-14-12(2)13/h3-4,8-9H,5-7,10-11H2,1-2H3/b4-3+,9-8+. The summed E-state index contributed by atoms with van der Waals surface area (Å²) in [7, 11) is 0. The molecule has 0 aromatic heterocycles. The van der Waals surface area contributed by atoms with Crippen molar-refractivity contribution in [2.75, 3.05) is 6.61 Å². The zero-order valence-electron chi connectivity index (χ0n) is 9.16. The van der Waals surface area contributed by atoms with Crippen LogP contribution in [0.2, 0.25) is 0 Å². The number of hydrogen-bond donors (Lipinski definition) is 0. The molecule has 0 N–H and O–H groups in total. The number of carbonyl (C=O) groups excluding carboxylic acids is 1. The van der Waals surface area contributed by atoms with Gasteiger partial charge in [-0.05, 0) is 32.6 Å². The highest BCUT2D eigenvalue weighted by molar-refractivity contribution is 5.65. The van der Waals surface area contributed by atoms with Crippen LogP contribution in [0, 0.1) is 0 Å². The minimum Gasteiger partial charge on any atom is -0.466 e. The van der Waals surface area contributed by atoms with Crippen molar-refractivity contribution < 1.29 is 9.53 Å². The second-order valence-electron chi connectivity index (χ2n) is 3.10. The van der Waals surface area contributed by atoms with Gasteiger partial charge in [0, 0.05) is 6.92 Å². The number of rotatable bonds is 7. The lowest BCUT2D eigenvalue weighted by atomic mass is 10.2. The summed E-state index contributed by atoms with van der Waals surface area (Å²) in [6.45, 7) is 3.97. The molecule has 0 aromatic carbocycles. The highest BCUT2D eigenvalue weighted by Gasteiger charge is 1.88. The van der Waals surface area contributed by atoms with Crippen molar-refractivity contribution in [1.82, 2.24) is 0 Å². The Morgan fingerprint density at radius 2 is 1.79 bits per heavy atom. The third kappa shape index (κ3) is 11.0.